The second kappa shape index (κ2) is 8.70. The minimum absolute atomic E-state index is 0. The van der Waals surface area contributed by atoms with Gasteiger partial charge in [0, 0.05) is 13.0 Å². The van der Waals surface area contributed by atoms with Gasteiger partial charge in [-0.1, -0.05) is 5.57 Å². The summed E-state index contributed by atoms with van der Waals surface area (Å²) in [5.41, 5.74) is 2.06. The molecular weight excluding hydrogens is 290 g/mol. The maximum Gasteiger partial charge on any atom is 2.00 e. The van der Waals surface area contributed by atoms with E-state index in [1.54, 1.807) is 0 Å². The summed E-state index contributed by atoms with van der Waals surface area (Å²) in [5.74, 6) is 0.296. The number of ketones is 1. The molecule has 3 rings (SSSR count). The summed E-state index contributed by atoms with van der Waals surface area (Å²) < 4.78 is 0. The first-order chi connectivity index (χ1) is 9.25. The molecular formula is C17H19FeNO. The third-order valence-electron chi connectivity index (χ3n) is 3.10. The van der Waals surface area contributed by atoms with E-state index in [0.29, 0.717) is 12.2 Å². The van der Waals surface area contributed by atoms with Gasteiger partial charge in [0.1, 0.15) is 5.78 Å². The van der Waals surface area contributed by atoms with E-state index in [-0.39, 0.29) is 17.1 Å². The minimum Gasteiger partial charge on any atom is -0.310 e. The predicted molar refractivity (Wildman–Crippen MR) is 79.2 cm³/mol. The van der Waals surface area contributed by atoms with E-state index in [1.807, 2.05) is 67.7 Å². The molecule has 0 unspecified atom stereocenters. The second-order valence-corrected chi connectivity index (χ2v) is 4.76. The quantitative estimate of drug-likeness (QED) is 0.458. The number of Topliss-reactive ketones (excluding diaryl/α,β-unsaturated/α-hetero) is 1. The fourth-order valence-corrected chi connectivity index (χ4v) is 2.04. The Labute approximate surface area is 131 Å². The van der Waals surface area contributed by atoms with Crippen molar-refractivity contribution in [1.82, 2.24) is 4.90 Å². The maximum atomic E-state index is 11.6. The van der Waals surface area contributed by atoms with Crippen LogP contribution < -0.4 is 0 Å². The van der Waals surface area contributed by atoms with Gasteiger partial charge in [-0.2, -0.15) is 30.3 Å². The van der Waals surface area contributed by atoms with Gasteiger partial charge < -0.3 is 9.69 Å². The van der Waals surface area contributed by atoms with Crippen LogP contribution in [0.4, 0.5) is 0 Å². The number of carbonyl (C=O) groups excluding carboxylic acids is 1. The third-order valence-corrected chi connectivity index (χ3v) is 3.10. The summed E-state index contributed by atoms with van der Waals surface area (Å²) in [5, 5.41) is 0. The van der Waals surface area contributed by atoms with Crippen molar-refractivity contribution in [2.45, 2.75) is 6.42 Å². The summed E-state index contributed by atoms with van der Waals surface area (Å²) in [6.07, 6.45) is 2.65. The van der Waals surface area contributed by atoms with E-state index in [1.165, 1.54) is 0 Å². The standard InChI is InChI=1S/C12H14NO.C5H5.Fe/c1-13-7-6-12(14)11(9-13)8-10-4-2-3-5-10;1-2-4-5-3-1;/h2-5,8H,6-7,9H2,1H3;1-5H;/q2*-1;+2. The van der Waals surface area contributed by atoms with E-state index in [9.17, 15) is 4.79 Å². The van der Waals surface area contributed by atoms with Gasteiger partial charge in [0.05, 0.1) is 0 Å². The van der Waals surface area contributed by atoms with Crippen LogP contribution in [0.1, 0.15) is 12.0 Å². The van der Waals surface area contributed by atoms with E-state index in [0.717, 1.165) is 24.2 Å². The Morgan fingerprint density at radius 1 is 1.20 bits per heavy atom. The van der Waals surface area contributed by atoms with Crippen molar-refractivity contribution in [3.63, 3.8) is 0 Å². The topological polar surface area (TPSA) is 20.3 Å². The molecule has 0 radical (unpaired) electrons. The number of hydrogen-bond donors (Lipinski definition) is 0. The molecule has 0 spiro atoms. The van der Waals surface area contributed by atoms with Gasteiger partial charge in [0.15, 0.2) is 0 Å². The zero-order valence-electron chi connectivity index (χ0n) is 11.6. The molecule has 3 heteroatoms. The normalized spacial score (nSPS) is 17.2. The SMILES string of the molecule is CN1CCC(=O)C(=C[c-]2cccc2)C1.[Fe+2].c1cc[cH-]c1. The van der Waals surface area contributed by atoms with Crippen molar-refractivity contribution in [2.75, 3.05) is 20.1 Å². The van der Waals surface area contributed by atoms with Crippen LogP contribution in [0.15, 0.2) is 60.2 Å². The first kappa shape index (κ1) is 16.6. The van der Waals surface area contributed by atoms with E-state index < -0.39 is 0 Å². The molecule has 0 N–H and O–H groups in total. The molecule has 20 heavy (non-hydrogen) atoms. The van der Waals surface area contributed by atoms with E-state index in [2.05, 4.69) is 4.90 Å². The van der Waals surface area contributed by atoms with Crippen molar-refractivity contribution < 1.29 is 21.9 Å². The van der Waals surface area contributed by atoms with Gasteiger partial charge >= 0.3 is 17.1 Å². The number of likely N-dealkylation sites (N-methyl/N-ethyl adjacent to an activating group) is 1. The van der Waals surface area contributed by atoms with Crippen molar-refractivity contribution in [3.8, 4) is 0 Å². The van der Waals surface area contributed by atoms with Crippen molar-refractivity contribution in [1.29, 1.82) is 0 Å². The van der Waals surface area contributed by atoms with Gasteiger partial charge in [0.25, 0.3) is 0 Å². The molecule has 0 saturated carbocycles. The molecule has 0 amide bonds. The Hall–Kier alpha value is -1.41. The molecule has 1 heterocycles. The Morgan fingerprint density at radius 3 is 2.40 bits per heavy atom. The molecule has 0 aromatic heterocycles. The first-order valence-corrected chi connectivity index (χ1v) is 6.56. The number of piperidine rings is 1. The Balaban J connectivity index is 0.000000283. The Kier molecular flexibility index (Phi) is 7.24. The molecule has 0 atom stereocenters. The van der Waals surface area contributed by atoms with Crippen LogP contribution in [0.3, 0.4) is 0 Å². The molecule has 1 aliphatic heterocycles. The molecule has 106 valence electrons. The number of rotatable bonds is 1. The Morgan fingerprint density at radius 2 is 1.85 bits per heavy atom. The molecule has 1 fully saturated rings. The molecule has 0 aliphatic carbocycles. The van der Waals surface area contributed by atoms with E-state index >= 15 is 0 Å². The maximum absolute atomic E-state index is 11.6. The monoisotopic (exact) mass is 309 g/mol. The van der Waals surface area contributed by atoms with Crippen LogP contribution in [0.25, 0.3) is 6.08 Å². The molecule has 1 aliphatic rings. The summed E-state index contributed by atoms with van der Waals surface area (Å²) in [6.45, 7) is 1.67. The minimum atomic E-state index is 0. The van der Waals surface area contributed by atoms with Crippen molar-refractivity contribution in [2.24, 2.45) is 0 Å². The number of likely N-dealkylation sites (tertiary alicyclic amines) is 1. The third kappa shape index (κ3) is 5.30. The summed E-state index contributed by atoms with van der Waals surface area (Å²) in [4.78, 5) is 13.7. The molecule has 2 aromatic rings. The second-order valence-electron chi connectivity index (χ2n) is 4.76. The molecule has 1 saturated heterocycles. The zero-order valence-corrected chi connectivity index (χ0v) is 12.7. The fraction of sp³-hybridized carbons (Fsp3) is 0.235. The van der Waals surface area contributed by atoms with Gasteiger partial charge in [-0.3, -0.25) is 0 Å². The van der Waals surface area contributed by atoms with E-state index in [4.69, 9.17) is 0 Å². The summed E-state index contributed by atoms with van der Waals surface area (Å²) in [7, 11) is 2.05. The van der Waals surface area contributed by atoms with Gasteiger partial charge in [-0.05, 0) is 13.6 Å². The van der Waals surface area contributed by atoms with Crippen LogP contribution in [-0.4, -0.2) is 30.8 Å². The molecule has 2 aromatic carbocycles. The average molecular weight is 309 g/mol. The van der Waals surface area contributed by atoms with Gasteiger partial charge in [-0.25, -0.2) is 12.1 Å². The van der Waals surface area contributed by atoms with Crippen LogP contribution in [0.5, 0.6) is 0 Å². The summed E-state index contributed by atoms with van der Waals surface area (Å²) in [6, 6.07) is 18.0. The number of carbonyl (C=O) groups is 1. The first-order valence-electron chi connectivity index (χ1n) is 6.56. The zero-order chi connectivity index (χ0) is 13.5. The number of hydrogen-bond acceptors (Lipinski definition) is 2. The van der Waals surface area contributed by atoms with Crippen molar-refractivity contribution >= 4 is 11.9 Å². The average Bonchev–Trinajstić information content (AvgIpc) is 3.09. The van der Waals surface area contributed by atoms with Gasteiger partial charge in [0.2, 0.25) is 0 Å². The largest absolute Gasteiger partial charge is 2.00 e. The van der Waals surface area contributed by atoms with Crippen LogP contribution in [0, 0.1) is 0 Å². The number of nitrogens with zero attached hydrogens (tertiary/aromatic N) is 1. The fourth-order valence-electron chi connectivity index (χ4n) is 2.04. The molecule has 0 bridgehead atoms. The molecule has 2 nitrogen and oxygen atoms in total. The van der Waals surface area contributed by atoms with Crippen LogP contribution in [0.2, 0.25) is 0 Å². The van der Waals surface area contributed by atoms with Gasteiger partial charge in [-0.15, -0.1) is 23.8 Å². The van der Waals surface area contributed by atoms with Crippen molar-refractivity contribution in [3.05, 3.63) is 65.7 Å². The van der Waals surface area contributed by atoms with Crippen LogP contribution >= 0.6 is 0 Å². The van der Waals surface area contributed by atoms with Crippen LogP contribution in [-0.2, 0) is 21.9 Å². The smallest absolute Gasteiger partial charge is 0.310 e. The predicted octanol–water partition coefficient (Wildman–Crippen LogP) is 3.10. The summed E-state index contributed by atoms with van der Waals surface area (Å²) >= 11 is 0. The Bertz CT molecular complexity index is 494.